The van der Waals surface area contributed by atoms with Crippen LogP contribution in [-0.2, 0) is 0 Å². The Balaban J connectivity index is 2.46. The lowest BCUT2D eigenvalue weighted by molar-refractivity contribution is 0.309. The van der Waals surface area contributed by atoms with E-state index in [4.69, 9.17) is 4.74 Å². The normalized spacial score (nSPS) is 13.3. The van der Waals surface area contributed by atoms with Crippen molar-refractivity contribution < 1.29 is 4.74 Å². The third-order valence-electron chi connectivity index (χ3n) is 3.09. The smallest absolute Gasteiger partial charge is 0.119 e. The Bertz CT molecular complexity index is 351. The van der Waals surface area contributed by atoms with Gasteiger partial charge in [-0.15, -0.1) is 0 Å². The third kappa shape index (κ3) is 6.63. The summed E-state index contributed by atoms with van der Waals surface area (Å²) in [6, 6.07) is 8.83. The maximum absolute atomic E-state index is 5.67. The fourth-order valence-electron chi connectivity index (χ4n) is 1.76. The first kappa shape index (κ1) is 16.0. The Kier molecular flexibility index (Phi) is 6.36. The Labute approximate surface area is 118 Å². The molecule has 0 radical (unpaired) electrons. The van der Waals surface area contributed by atoms with E-state index in [0.29, 0.717) is 11.5 Å². The molecule has 1 unspecified atom stereocenters. The van der Waals surface area contributed by atoms with Crippen molar-refractivity contribution in [1.82, 2.24) is 5.32 Å². The summed E-state index contributed by atoms with van der Waals surface area (Å²) in [6.45, 7) is 13.0. The van der Waals surface area contributed by atoms with Crippen LogP contribution in [0.1, 0.15) is 59.1 Å². The van der Waals surface area contributed by atoms with Crippen molar-refractivity contribution in [3.8, 4) is 5.75 Å². The topological polar surface area (TPSA) is 21.3 Å². The standard InChI is InChI=1S/C17H29NO/c1-6-7-12-19-16-10-8-15(9-11-16)14(2)18-13-17(3,4)5/h8-11,14,18H,6-7,12-13H2,1-5H3. The molecule has 0 amide bonds. The molecular formula is C17H29NO. The first-order valence-corrected chi connectivity index (χ1v) is 7.38. The molecule has 0 bridgehead atoms. The maximum Gasteiger partial charge on any atom is 0.119 e. The Hall–Kier alpha value is -1.02. The van der Waals surface area contributed by atoms with Crippen LogP contribution in [0.2, 0.25) is 0 Å². The van der Waals surface area contributed by atoms with Crippen molar-refractivity contribution in [3.05, 3.63) is 29.8 Å². The van der Waals surface area contributed by atoms with Gasteiger partial charge in [0.1, 0.15) is 5.75 Å². The number of rotatable bonds is 7. The van der Waals surface area contributed by atoms with Crippen molar-refractivity contribution >= 4 is 0 Å². The fourth-order valence-corrected chi connectivity index (χ4v) is 1.76. The predicted octanol–water partition coefficient (Wildman–Crippen LogP) is 4.56. The second-order valence-electron chi connectivity index (χ2n) is 6.43. The van der Waals surface area contributed by atoms with Gasteiger partial charge < -0.3 is 10.1 Å². The molecule has 1 N–H and O–H groups in total. The highest BCUT2D eigenvalue weighted by Gasteiger charge is 2.12. The predicted molar refractivity (Wildman–Crippen MR) is 82.7 cm³/mol. The molecule has 0 fully saturated rings. The number of hydrogen-bond donors (Lipinski definition) is 1. The van der Waals surface area contributed by atoms with Crippen LogP contribution in [0, 0.1) is 5.41 Å². The summed E-state index contributed by atoms with van der Waals surface area (Å²) >= 11 is 0. The molecule has 0 saturated heterocycles. The quantitative estimate of drug-likeness (QED) is 0.728. The number of benzene rings is 1. The molecule has 0 spiro atoms. The highest BCUT2D eigenvalue weighted by molar-refractivity contribution is 5.28. The van der Waals surface area contributed by atoms with Crippen LogP contribution in [-0.4, -0.2) is 13.2 Å². The van der Waals surface area contributed by atoms with Crippen LogP contribution < -0.4 is 10.1 Å². The zero-order chi connectivity index (χ0) is 14.3. The Morgan fingerprint density at radius 2 is 1.79 bits per heavy atom. The average molecular weight is 263 g/mol. The molecule has 19 heavy (non-hydrogen) atoms. The molecule has 108 valence electrons. The van der Waals surface area contributed by atoms with Crippen molar-refractivity contribution in [2.75, 3.05) is 13.2 Å². The highest BCUT2D eigenvalue weighted by Crippen LogP contribution is 2.19. The molecule has 0 aromatic heterocycles. The van der Waals surface area contributed by atoms with Crippen LogP contribution in [0.25, 0.3) is 0 Å². The summed E-state index contributed by atoms with van der Waals surface area (Å²) in [7, 11) is 0. The molecule has 2 heteroatoms. The Morgan fingerprint density at radius 1 is 1.16 bits per heavy atom. The van der Waals surface area contributed by atoms with Gasteiger partial charge in [-0.05, 0) is 36.5 Å². The summed E-state index contributed by atoms with van der Waals surface area (Å²) in [5.74, 6) is 0.972. The lowest BCUT2D eigenvalue weighted by Gasteiger charge is -2.23. The largest absolute Gasteiger partial charge is 0.494 e. The van der Waals surface area contributed by atoms with Crippen LogP contribution in [0.15, 0.2) is 24.3 Å². The minimum absolute atomic E-state index is 0.317. The lowest BCUT2D eigenvalue weighted by atomic mass is 9.96. The summed E-state index contributed by atoms with van der Waals surface area (Å²) < 4.78 is 5.67. The zero-order valence-electron chi connectivity index (χ0n) is 13.1. The van der Waals surface area contributed by atoms with Crippen molar-refractivity contribution in [2.24, 2.45) is 5.41 Å². The minimum Gasteiger partial charge on any atom is -0.494 e. The van der Waals surface area contributed by atoms with E-state index < -0.39 is 0 Å². The van der Waals surface area contributed by atoms with Crippen LogP contribution in [0.5, 0.6) is 5.75 Å². The summed E-state index contributed by atoms with van der Waals surface area (Å²) in [5, 5.41) is 3.57. The molecule has 1 rings (SSSR count). The lowest BCUT2D eigenvalue weighted by Crippen LogP contribution is -2.29. The second-order valence-corrected chi connectivity index (χ2v) is 6.43. The fraction of sp³-hybridized carbons (Fsp3) is 0.647. The van der Waals surface area contributed by atoms with Crippen LogP contribution in [0.3, 0.4) is 0 Å². The molecule has 0 aliphatic heterocycles. The number of hydrogen-bond acceptors (Lipinski definition) is 2. The first-order chi connectivity index (χ1) is 8.92. The van der Waals surface area contributed by atoms with Gasteiger partial charge in [0.2, 0.25) is 0 Å². The van der Waals surface area contributed by atoms with Gasteiger partial charge in [0.25, 0.3) is 0 Å². The number of nitrogens with one attached hydrogen (secondary N) is 1. The van der Waals surface area contributed by atoms with E-state index in [9.17, 15) is 0 Å². The highest BCUT2D eigenvalue weighted by atomic mass is 16.5. The van der Waals surface area contributed by atoms with E-state index in [1.807, 2.05) is 0 Å². The molecule has 0 heterocycles. The van der Waals surface area contributed by atoms with Gasteiger partial charge in [0, 0.05) is 12.6 Å². The average Bonchev–Trinajstić information content (AvgIpc) is 2.36. The first-order valence-electron chi connectivity index (χ1n) is 7.38. The van der Waals surface area contributed by atoms with Crippen molar-refractivity contribution in [3.63, 3.8) is 0 Å². The van der Waals surface area contributed by atoms with Gasteiger partial charge in [-0.1, -0.05) is 46.2 Å². The van der Waals surface area contributed by atoms with Gasteiger partial charge in [-0.2, -0.15) is 0 Å². The van der Waals surface area contributed by atoms with E-state index in [-0.39, 0.29) is 0 Å². The van der Waals surface area contributed by atoms with E-state index in [0.717, 1.165) is 25.3 Å². The van der Waals surface area contributed by atoms with Crippen molar-refractivity contribution in [2.45, 2.75) is 53.5 Å². The van der Waals surface area contributed by atoms with Gasteiger partial charge >= 0.3 is 0 Å². The molecule has 2 nitrogen and oxygen atoms in total. The monoisotopic (exact) mass is 263 g/mol. The zero-order valence-corrected chi connectivity index (χ0v) is 13.1. The second kappa shape index (κ2) is 7.54. The molecule has 1 aromatic carbocycles. The van der Waals surface area contributed by atoms with E-state index in [1.54, 1.807) is 0 Å². The van der Waals surface area contributed by atoms with E-state index in [1.165, 1.54) is 12.0 Å². The molecule has 0 aliphatic carbocycles. The summed E-state index contributed by atoms with van der Waals surface area (Å²) in [5.41, 5.74) is 1.63. The third-order valence-corrected chi connectivity index (χ3v) is 3.09. The summed E-state index contributed by atoms with van der Waals surface area (Å²) in [6.07, 6.45) is 2.29. The van der Waals surface area contributed by atoms with Crippen molar-refractivity contribution in [1.29, 1.82) is 0 Å². The molecule has 0 aliphatic rings. The number of unbranched alkanes of at least 4 members (excludes halogenated alkanes) is 1. The van der Waals surface area contributed by atoms with E-state index >= 15 is 0 Å². The minimum atomic E-state index is 0.317. The van der Waals surface area contributed by atoms with Crippen LogP contribution in [0.4, 0.5) is 0 Å². The molecule has 1 aromatic rings. The molecular weight excluding hydrogens is 234 g/mol. The Morgan fingerprint density at radius 3 is 2.32 bits per heavy atom. The summed E-state index contributed by atoms with van der Waals surface area (Å²) in [4.78, 5) is 0. The van der Waals surface area contributed by atoms with E-state index in [2.05, 4.69) is 64.2 Å². The van der Waals surface area contributed by atoms with Gasteiger partial charge in [0.05, 0.1) is 6.61 Å². The number of ether oxygens (including phenoxy) is 1. The molecule has 1 atom stereocenters. The van der Waals surface area contributed by atoms with Crippen LogP contribution >= 0.6 is 0 Å². The van der Waals surface area contributed by atoms with Gasteiger partial charge in [-0.25, -0.2) is 0 Å². The van der Waals surface area contributed by atoms with Gasteiger partial charge in [0.15, 0.2) is 0 Å². The van der Waals surface area contributed by atoms with Gasteiger partial charge in [-0.3, -0.25) is 0 Å². The molecule has 0 saturated carbocycles. The SMILES string of the molecule is CCCCOc1ccc(C(C)NCC(C)(C)C)cc1. The maximum atomic E-state index is 5.67.